The zero-order valence-corrected chi connectivity index (χ0v) is 14.9. The molecule has 4 heteroatoms. The number of phenols is 1. The molecule has 0 aliphatic heterocycles. The lowest BCUT2D eigenvalue weighted by atomic mass is 9.98. The summed E-state index contributed by atoms with van der Waals surface area (Å²) in [6.07, 6.45) is 1.57. The van der Waals surface area contributed by atoms with Crippen LogP contribution in [0.5, 0.6) is 5.75 Å². The Bertz CT molecular complexity index is 1170. The molecule has 0 amide bonds. The van der Waals surface area contributed by atoms with Gasteiger partial charge in [-0.1, -0.05) is 72.8 Å². The van der Waals surface area contributed by atoms with E-state index >= 15 is 0 Å². The predicted molar refractivity (Wildman–Crippen MR) is 110 cm³/mol. The van der Waals surface area contributed by atoms with Gasteiger partial charge in [0.2, 0.25) is 5.88 Å². The normalized spacial score (nSPS) is 10.8. The minimum atomic E-state index is 0.152. The minimum Gasteiger partial charge on any atom is -0.508 e. The van der Waals surface area contributed by atoms with E-state index in [-0.39, 0.29) is 11.6 Å². The summed E-state index contributed by atoms with van der Waals surface area (Å²) in [6.45, 7) is 0. The molecule has 0 saturated heterocycles. The van der Waals surface area contributed by atoms with Crippen molar-refractivity contribution in [2.24, 2.45) is 4.99 Å². The van der Waals surface area contributed by atoms with Crippen molar-refractivity contribution in [3.05, 3.63) is 96.1 Å². The van der Waals surface area contributed by atoms with Crippen molar-refractivity contribution in [3.8, 4) is 34.3 Å². The van der Waals surface area contributed by atoms with Gasteiger partial charge in [-0.25, -0.2) is 4.99 Å². The molecule has 4 nitrogen and oxygen atoms in total. The van der Waals surface area contributed by atoms with Crippen molar-refractivity contribution in [2.75, 3.05) is 0 Å². The molecule has 4 rings (SSSR count). The van der Waals surface area contributed by atoms with Crippen LogP contribution in [0.3, 0.4) is 0 Å². The van der Waals surface area contributed by atoms with Gasteiger partial charge in [-0.3, -0.25) is 0 Å². The topological polar surface area (TPSA) is 69.5 Å². The number of benzene rings is 3. The van der Waals surface area contributed by atoms with Gasteiger partial charge in [0.05, 0.1) is 0 Å². The van der Waals surface area contributed by atoms with E-state index < -0.39 is 0 Å². The summed E-state index contributed by atoms with van der Waals surface area (Å²) in [7, 11) is 0. The SMILES string of the molecule is N#Cc1c(N=Cc2cccc(O)c2)oc(-c2ccccc2)c1-c1ccccc1. The highest BCUT2D eigenvalue weighted by Gasteiger charge is 2.22. The molecule has 134 valence electrons. The fourth-order valence-corrected chi connectivity index (χ4v) is 3.03. The Morgan fingerprint density at radius 3 is 2.18 bits per heavy atom. The first kappa shape index (κ1) is 17.3. The van der Waals surface area contributed by atoms with Crippen LogP contribution in [0.15, 0.2) is 94.3 Å². The number of aromatic hydroxyl groups is 1. The van der Waals surface area contributed by atoms with Crippen molar-refractivity contribution in [2.45, 2.75) is 0 Å². The highest BCUT2D eigenvalue weighted by Crippen LogP contribution is 2.42. The second-order valence-corrected chi connectivity index (χ2v) is 6.18. The number of nitriles is 1. The van der Waals surface area contributed by atoms with Crippen molar-refractivity contribution in [1.29, 1.82) is 5.26 Å². The Labute approximate surface area is 162 Å². The standard InChI is InChI=1S/C24H16N2O2/c25-15-21-22(18-9-3-1-4-10-18)23(19-11-5-2-6-12-19)28-24(21)26-16-17-8-7-13-20(27)14-17/h1-14,16,27H. The van der Waals surface area contributed by atoms with Gasteiger partial charge >= 0.3 is 0 Å². The van der Waals surface area contributed by atoms with Crippen LogP contribution in [-0.2, 0) is 0 Å². The van der Waals surface area contributed by atoms with E-state index in [1.165, 1.54) is 0 Å². The number of phenolic OH excluding ortho intramolecular Hbond substituents is 1. The van der Waals surface area contributed by atoms with Crippen LogP contribution in [0.25, 0.3) is 22.5 Å². The summed E-state index contributed by atoms with van der Waals surface area (Å²) in [5.74, 6) is 0.994. The summed E-state index contributed by atoms with van der Waals surface area (Å²) >= 11 is 0. The molecule has 1 N–H and O–H groups in total. The second-order valence-electron chi connectivity index (χ2n) is 6.18. The molecular weight excluding hydrogens is 348 g/mol. The molecule has 1 aromatic heterocycles. The zero-order chi connectivity index (χ0) is 19.3. The van der Waals surface area contributed by atoms with Crippen molar-refractivity contribution in [3.63, 3.8) is 0 Å². The van der Waals surface area contributed by atoms with Crippen LogP contribution in [0.1, 0.15) is 11.1 Å². The Morgan fingerprint density at radius 1 is 0.857 bits per heavy atom. The molecule has 1 heterocycles. The molecule has 0 radical (unpaired) electrons. The van der Waals surface area contributed by atoms with E-state index in [0.29, 0.717) is 16.9 Å². The summed E-state index contributed by atoms with van der Waals surface area (Å²) in [5, 5.41) is 19.5. The lowest BCUT2D eigenvalue weighted by molar-refractivity contribution is 0.475. The molecule has 3 aromatic carbocycles. The van der Waals surface area contributed by atoms with Crippen LogP contribution >= 0.6 is 0 Å². The van der Waals surface area contributed by atoms with E-state index in [1.807, 2.05) is 66.7 Å². The van der Waals surface area contributed by atoms with E-state index in [1.54, 1.807) is 24.4 Å². The summed E-state index contributed by atoms with van der Waals surface area (Å²) in [5.41, 5.74) is 3.57. The Balaban J connectivity index is 1.88. The molecular formula is C24H16N2O2. The largest absolute Gasteiger partial charge is 0.508 e. The molecule has 0 spiro atoms. The van der Waals surface area contributed by atoms with Crippen molar-refractivity contribution >= 4 is 12.1 Å². The molecule has 0 aliphatic rings. The van der Waals surface area contributed by atoms with Crippen LogP contribution in [-0.4, -0.2) is 11.3 Å². The smallest absolute Gasteiger partial charge is 0.238 e. The number of furan rings is 1. The first-order valence-corrected chi connectivity index (χ1v) is 8.77. The number of hydrogen-bond donors (Lipinski definition) is 1. The second kappa shape index (κ2) is 7.65. The molecule has 0 aliphatic carbocycles. The highest BCUT2D eigenvalue weighted by molar-refractivity contribution is 5.89. The summed E-state index contributed by atoms with van der Waals surface area (Å²) in [6, 6.07) is 28.3. The van der Waals surface area contributed by atoms with Crippen LogP contribution in [0.2, 0.25) is 0 Å². The van der Waals surface area contributed by atoms with E-state index in [2.05, 4.69) is 11.1 Å². The third kappa shape index (κ3) is 3.42. The number of aliphatic imine (C=N–C) groups is 1. The van der Waals surface area contributed by atoms with Gasteiger partial charge in [0, 0.05) is 17.3 Å². The fraction of sp³-hybridized carbons (Fsp3) is 0. The molecule has 0 atom stereocenters. The first-order valence-electron chi connectivity index (χ1n) is 8.77. The lowest BCUT2D eigenvalue weighted by Gasteiger charge is -2.03. The molecule has 4 aromatic rings. The van der Waals surface area contributed by atoms with Crippen LogP contribution < -0.4 is 0 Å². The quantitative estimate of drug-likeness (QED) is 0.455. The number of hydrogen-bond acceptors (Lipinski definition) is 4. The van der Waals surface area contributed by atoms with Gasteiger partial charge in [0.25, 0.3) is 0 Å². The van der Waals surface area contributed by atoms with Gasteiger partial charge in [-0.15, -0.1) is 0 Å². The van der Waals surface area contributed by atoms with Crippen molar-refractivity contribution < 1.29 is 9.52 Å². The average Bonchev–Trinajstić information content (AvgIpc) is 3.12. The first-order chi connectivity index (χ1) is 13.8. The molecule has 0 saturated carbocycles. The fourth-order valence-electron chi connectivity index (χ4n) is 3.03. The Morgan fingerprint density at radius 2 is 1.54 bits per heavy atom. The monoisotopic (exact) mass is 364 g/mol. The van der Waals surface area contributed by atoms with E-state index in [4.69, 9.17) is 4.42 Å². The van der Waals surface area contributed by atoms with E-state index in [0.717, 1.165) is 16.7 Å². The highest BCUT2D eigenvalue weighted by atomic mass is 16.4. The minimum absolute atomic E-state index is 0.152. The number of rotatable bonds is 4. The van der Waals surface area contributed by atoms with Gasteiger partial charge in [-0.05, 0) is 23.3 Å². The lowest BCUT2D eigenvalue weighted by Crippen LogP contribution is -1.83. The van der Waals surface area contributed by atoms with Crippen molar-refractivity contribution in [1.82, 2.24) is 0 Å². The predicted octanol–water partition coefficient (Wildman–Crippen LogP) is 5.94. The Kier molecular flexibility index (Phi) is 4.73. The third-order valence-corrected chi connectivity index (χ3v) is 4.30. The van der Waals surface area contributed by atoms with Crippen LogP contribution in [0.4, 0.5) is 5.88 Å². The average molecular weight is 364 g/mol. The maximum atomic E-state index is 9.84. The third-order valence-electron chi connectivity index (χ3n) is 4.30. The van der Waals surface area contributed by atoms with Crippen LogP contribution in [0, 0.1) is 11.3 Å². The molecule has 0 fully saturated rings. The maximum Gasteiger partial charge on any atom is 0.238 e. The maximum absolute atomic E-state index is 9.84. The van der Waals surface area contributed by atoms with Gasteiger partial charge in [0.1, 0.15) is 23.1 Å². The van der Waals surface area contributed by atoms with E-state index in [9.17, 15) is 10.4 Å². The van der Waals surface area contributed by atoms with Gasteiger partial charge < -0.3 is 9.52 Å². The zero-order valence-electron chi connectivity index (χ0n) is 14.9. The molecule has 0 bridgehead atoms. The summed E-state index contributed by atoms with van der Waals surface area (Å²) in [4.78, 5) is 4.40. The Hall–Kier alpha value is -4.10. The molecule has 0 unspecified atom stereocenters. The van der Waals surface area contributed by atoms with Gasteiger partial charge in [0.15, 0.2) is 0 Å². The molecule has 28 heavy (non-hydrogen) atoms. The number of nitrogens with zero attached hydrogens (tertiary/aromatic N) is 2. The summed E-state index contributed by atoms with van der Waals surface area (Å²) < 4.78 is 6.05. The van der Waals surface area contributed by atoms with Gasteiger partial charge in [-0.2, -0.15) is 5.26 Å².